The first-order valence-electron chi connectivity index (χ1n) is 6.87. The molecule has 0 spiro atoms. The molecule has 0 amide bonds. The molecule has 1 aliphatic rings. The maximum atomic E-state index is 6.17. The number of hydrogen-bond donors (Lipinski definition) is 1. The van der Waals surface area contributed by atoms with E-state index < -0.39 is 0 Å². The van der Waals surface area contributed by atoms with Crippen LogP contribution in [0.1, 0.15) is 53.4 Å². The minimum absolute atomic E-state index is 0.0875. The lowest BCUT2D eigenvalue weighted by Crippen LogP contribution is -2.55. The van der Waals surface area contributed by atoms with Crippen molar-refractivity contribution in [3.63, 3.8) is 0 Å². The molecule has 0 radical (unpaired) electrons. The molecule has 0 bridgehead atoms. The van der Waals surface area contributed by atoms with Gasteiger partial charge in [0.1, 0.15) is 0 Å². The van der Waals surface area contributed by atoms with Crippen LogP contribution >= 0.6 is 0 Å². The van der Waals surface area contributed by atoms with Gasteiger partial charge in [0.2, 0.25) is 0 Å². The van der Waals surface area contributed by atoms with Gasteiger partial charge in [0.05, 0.1) is 5.60 Å². The predicted molar refractivity (Wildman–Crippen MR) is 69.7 cm³/mol. The van der Waals surface area contributed by atoms with E-state index >= 15 is 0 Å². The van der Waals surface area contributed by atoms with Crippen molar-refractivity contribution in [3.8, 4) is 0 Å². The topological polar surface area (TPSA) is 21.3 Å². The van der Waals surface area contributed by atoms with Crippen molar-refractivity contribution >= 4 is 0 Å². The summed E-state index contributed by atoms with van der Waals surface area (Å²) in [5.41, 5.74) is 0.0875. The third-order valence-electron chi connectivity index (χ3n) is 4.10. The molecule has 96 valence electrons. The zero-order chi connectivity index (χ0) is 12.2. The molecule has 0 aromatic heterocycles. The van der Waals surface area contributed by atoms with Gasteiger partial charge in [-0.25, -0.2) is 0 Å². The van der Waals surface area contributed by atoms with E-state index in [-0.39, 0.29) is 5.60 Å². The molecule has 0 saturated heterocycles. The maximum absolute atomic E-state index is 6.17. The summed E-state index contributed by atoms with van der Waals surface area (Å²) in [7, 11) is 2.07. The highest BCUT2D eigenvalue weighted by atomic mass is 16.5. The largest absolute Gasteiger partial charge is 0.374 e. The van der Waals surface area contributed by atoms with Crippen LogP contribution in [0.15, 0.2) is 0 Å². The van der Waals surface area contributed by atoms with Crippen molar-refractivity contribution in [3.05, 3.63) is 0 Å². The lowest BCUT2D eigenvalue weighted by molar-refractivity contribution is -0.104. The average molecular weight is 227 g/mol. The molecule has 0 aromatic rings. The average Bonchev–Trinajstić information content (AvgIpc) is 2.23. The third kappa shape index (κ3) is 2.98. The Hall–Kier alpha value is -0.0800. The van der Waals surface area contributed by atoms with Crippen LogP contribution in [-0.4, -0.2) is 25.3 Å². The van der Waals surface area contributed by atoms with Crippen molar-refractivity contribution in [2.45, 2.75) is 65.0 Å². The summed E-state index contributed by atoms with van der Waals surface area (Å²) in [6, 6.07) is 0.486. The zero-order valence-corrected chi connectivity index (χ0v) is 11.7. The van der Waals surface area contributed by atoms with Gasteiger partial charge in [0.25, 0.3) is 0 Å². The van der Waals surface area contributed by atoms with E-state index in [9.17, 15) is 0 Å². The van der Waals surface area contributed by atoms with Gasteiger partial charge in [-0.15, -0.1) is 0 Å². The Labute approximate surface area is 101 Å². The Morgan fingerprint density at radius 3 is 2.25 bits per heavy atom. The molecule has 1 atom stereocenters. The van der Waals surface area contributed by atoms with E-state index in [1.165, 1.54) is 25.7 Å². The summed E-state index contributed by atoms with van der Waals surface area (Å²) in [4.78, 5) is 0. The van der Waals surface area contributed by atoms with E-state index in [2.05, 4.69) is 40.1 Å². The van der Waals surface area contributed by atoms with E-state index in [1.54, 1.807) is 0 Å². The van der Waals surface area contributed by atoms with E-state index in [4.69, 9.17) is 4.74 Å². The van der Waals surface area contributed by atoms with Crippen molar-refractivity contribution < 1.29 is 4.74 Å². The van der Waals surface area contributed by atoms with E-state index in [0.29, 0.717) is 12.0 Å². The Morgan fingerprint density at radius 1 is 1.31 bits per heavy atom. The molecule has 1 N–H and O–H groups in total. The SMILES string of the molecule is CCOC1(C(NC)C(C)C)CCC(C)CC1. The molecule has 16 heavy (non-hydrogen) atoms. The molecule has 0 aliphatic heterocycles. The van der Waals surface area contributed by atoms with E-state index in [1.807, 2.05) is 0 Å². The number of ether oxygens (including phenoxy) is 1. The second-order valence-electron chi connectivity index (χ2n) is 5.69. The summed E-state index contributed by atoms with van der Waals surface area (Å²) in [6.07, 6.45) is 5.05. The number of hydrogen-bond acceptors (Lipinski definition) is 2. The number of likely N-dealkylation sites (N-methyl/N-ethyl adjacent to an activating group) is 1. The second-order valence-corrected chi connectivity index (χ2v) is 5.69. The van der Waals surface area contributed by atoms with Gasteiger partial charge in [-0.05, 0) is 51.5 Å². The summed E-state index contributed by atoms with van der Waals surface area (Å²) >= 11 is 0. The molecule has 0 heterocycles. The molecule has 1 unspecified atom stereocenters. The van der Waals surface area contributed by atoms with Crippen LogP contribution in [0, 0.1) is 11.8 Å². The van der Waals surface area contributed by atoms with Gasteiger partial charge in [-0.2, -0.15) is 0 Å². The Balaban J connectivity index is 2.78. The van der Waals surface area contributed by atoms with Gasteiger partial charge in [-0.3, -0.25) is 0 Å². The van der Waals surface area contributed by atoms with Crippen LogP contribution in [0.4, 0.5) is 0 Å². The van der Waals surface area contributed by atoms with Gasteiger partial charge in [0, 0.05) is 12.6 Å². The number of rotatable bonds is 5. The molecular formula is C14H29NO. The van der Waals surface area contributed by atoms with Crippen molar-refractivity contribution in [1.82, 2.24) is 5.32 Å². The van der Waals surface area contributed by atoms with Gasteiger partial charge < -0.3 is 10.1 Å². The van der Waals surface area contributed by atoms with Crippen molar-refractivity contribution in [2.75, 3.05) is 13.7 Å². The quantitative estimate of drug-likeness (QED) is 0.778. The van der Waals surface area contributed by atoms with Crippen LogP contribution < -0.4 is 5.32 Å². The summed E-state index contributed by atoms with van der Waals surface area (Å²) in [5, 5.41) is 3.49. The second kappa shape index (κ2) is 6.02. The molecule has 1 rings (SSSR count). The number of nitrogens with one attached hydrogen (secondary N) is 1. The Bertz CT molecular complexity index is 195. The van der Waals surface area contributed by atoms with Crippen LogP contribution in [0.3, 0.4) is 0 Å². The molecule has 1 saturated carbocycles. The van der Waals surface area contributed by atoms with E-state index in [0.717, 1.165) is 12.5 Å². The van der Waals surface area contributed by atoms with Crippen LogP contribution in [-0.2, 0) is 4.74 Å². The standard InChI is InChI=1S/C14H29NO/c1-6-16-14(13(15-5)11(2)3)9-7-12(4)8-10-14/h11-13,15H,6-10H2,1-5H3. The lowest BCUT2D eigenvalue weighted by Gasteiger charge is -2.46. The van der Waals surface area contributed by atoms with Crippen LogP contribution in [0.25, 0.3) is 0 Å². The molecule has 2 heteroatoms. The van der Waals surface area contributed by atoms with Gasteiger partial charge in [0.15, 0.2) is 0 Å². The highest BCUT2D eigenvalue weighted by Gasteiger charge is 2.42. The Morgan fingerprint density at radius 2 is 1.88 bits per heavy atom. The van der Waals surface area contributed by atoms with Crippen LogP contribution in [0.2, 0.25) is 0 Å². The maximum Gasteiger partial charge on any atom is 0.0837 e. The summed E-state index contributed by atoms with van der Waals surface area (Å²) in [6.45, 7) is 9.89. The minimum Gasteiger partial charge on any atom is -0.374 e. The van der Waals surface area contributed by atoms with Crippen molar-refractivity contribution in [1.29, 1.82) is 0 Å². The zero-order valence-electron chi connectivity index (χ0n) is 11.7. The fourth-order valence-electron chi connectivity index (χ4n) is 3.29. The molecule has 0 aromatic carbocycles. The molecule has 1 fully saturated rings. The van der Waals surface area contributed by atoms with Gasteiger partial charge >= 0.3 is 0 Å². The molecule has 1 aliphatic carbocycles. The molecule has 2 nitrogen and oxygen atoms in total. The lowest BCUT2D eigenvalue weighted by atomic mass is 9.72. The Kier molecular flexibility index (Phi) is 5.26. The molecular weight excluding hydrogens is 198 g/mol. The first-order chi connectivity index (χ1) is 7.55. The highest BCUT2D eigenvalue weighted by molar-refractivity contribution is 4.97. The minimum atomic E-state index is 0.0875. The monoisotopic (exact) mass is 227 g/mol. The highest BCUT2D eigenvalue weighted by Crippen LogP contribution is 2.39. The predicted octanol–water partition coefficient (Wildman–Crippen LogP) is 3.22. The summed E-state index contributed by atoms with van der Waals surface area (Å²) < 4.78 is 6.17. The van der Waals surface area contributed by atoms with Crippen molar-refractivity contribution in [2.24, 2.45) is 11.8 Å². The van der Waals surface area contributed by atoms with Gasteiger partial charge in [-0.1, -0.05) is 20.8 Å². The first kappa shape index (κ1) is 14.0. The first-order valence-corrected chi connectivity index (χ1v) is 6.87. The van der Waals surface area contributed by atoms with Crippen LogP contribution in [0.5, 0.6) is 0 Å². The fraction of sp³-hybridized carbons (Fsp3) is 1.00. The summed E-state index contributed by atoms with van der Waals surface area (Å²) in [5.74, 6) is 1.50. The third-order valence-corrected chi connectivity index (χ3v) is 4.10. The normalized spacial score (nSPS) is 33.0. The fourth-order valence-corrected chi connectivity index (χ4v) is 3.29. The smallest absolute Gasteiger partial charge is 0.0837 e.